The Bertz CT molecular complexity index is 552. The van der Waals surface area contributed by atoms with Crippen molar-refractivity contribution in [3.05, 3.63) is 14.7 Å². The van der Waals surface area contributed by atoms with E-state index in [1.54, 1.807) is 6.92 Å². The topological polar surface area (TPSA) is 37.4 Å². The summed E-state index contributed by atoms with van der Waals surface area (Å²) in [5.41, 5.74) is 0. The number of hydrogen-bond donors (Lipinski definition) is 0. The standard InChI is InChI=1S/C10H13BrF3NO2S2/c1-6(2)15(5-10(12,13)14)19(16,17)8-4-9(11)18-7(8)3/h4,6H,5H2,1-3H3. The summed E-state index contributed by atoms with van der Waals surface area (Å²) in [6, 6.07) is 0.561. The van der Waals surface area contributed by atoms with Crippen LogP contribution >= 0.6 is 27.3 Å². The number of sulfonamides is 1. The Morgan fingerprint density at radius 1 is 1.42 bits per heavy atom. The molecule has 0 spiro atoms. The first kappa shape index (κ1) is 16.9. The molecular formula is C10H13BrF3NO2S2. The number of thiophene rings is 1. The fourth-order valence-electron chi connectivity index (χ4n) is 1.53. The molecule has 0 aromatic carbocycles. The highest BCUT2D eigenvalue weighted by Gasteiger charge is 2.39. The number of hydrogen-bond acceptors (Lipinski definition) is 3. The van der Waals surface area contributed by atoms with E-state index in [2.05, 4.69) is 15.9 Å². The average Bonchev–Trinajstić information content (AvgIpc) is 2.53. The fraction of sp³-hybridized carbons (Fsp3) is 0.600. The van der Waals surface area contributed by atoms with Crippen LogP contribution in [0.4, 0.5) is 13.2 Å². The first-order chi connectivity index (χ1) is 8.45. The number of rotatable bonds is 4. The maximum absolute atomic E-state index is 12.5. The second-order valence-electron chi connectivity index (χ2n) is 4.23. The second-order valence-corrected chi connectivity index (χ2v) is 8.72. The molecule has 0 atom stereocenters. The summed E-state index contributed by atoms with van der Waals surface area (Å²) in [5.74, 6) is 0. The Hall–Kier alpha value is -0.120. The van der Waals surface area contributed by atoms with Crippen molar-refractivity contribution in [2.45, 2.75) is 37.9 Å². The van der Waals surface area contributed by atoms with Crippen LogP contribution in [0.5, 0.6) is 0 Å². The summed E-state index contributed by atoms with van der Waals surface area (Å²) in [5, 5.41) is 0. The molecule has 110 valence electrons. The third-order valence-corrected chi connectivity index (χ3v) is 6.17. The van der Waals surface area contributed by atoms with Crippen LogP contribution in [0, 0.1) is 6.92 Å². The minimum absolute atomic E-state index is 0.0812. The molecule has 0 unspecified atom stereocenters. The van der Waals surface area contributed by atoms with Gasteiger partial charge in [0.05, 0.1) is 8.68 Å². The number of halogens is 4. The molecule has 1 heterocycles. The molecule has 1 aromatic rings. The normalized spacial score (nSPS) is 13.5. The van der Waals surface area contributed by atoms with Gasteiger partial charge < -0.3 is 0 Å². The van der Waals surface area contributed by atoms with Crippen molar-refractivity contribution in [1.82, 2.24) is 4.31 Å². The van der Waals surface area contributed by atoms with Gasteiger partial charge in [0.1, 0.15) is 6.54 Å². The summed E-state index contributed by atoms with van der Waals surface area (Å²) in [6.45, 7) is 2.91. The van der Waals surface area contributed by atoms with Crippen LogP contribution in [0.25, 0.3) is 0 Å². The minimum atomic E-state index is -4.57. The van der Waals surface area contributed by atoms with Crippen molar-refractivity contribution in [2.24, 2.45) is 0 Å². The third kappa shape index (κ3) is 4.17. The van der Waals surface area contributed by atoms with Gasteiger partial charge in [-0.25, -0.2) is 8.42 Å². The molecule has 0 aliphatic rings. The molecule has 0 saturated heterocycles. The SMILES string of the molecule is Cc1sc(Br)cc1S(=O)(=O)N(CC(F)(F)F)C(C)C. The van der Waals surface area contributed by atoms with E-state index >= 15 is 0 Å². The van der Waals surface area contributed by atoms with Gasteiger partial charge in [-0.3, -0.25) is 0 Å². The zero-order chi connectivity index (χ0) is 15.0. The highest BCUT2D eigenvalue weighted by atomic mass is 79.9. The van der Waals surface area contributed by atoms with Crippen molar-refractivity contribution >= 4 is 37.3 Å². The lowest BCUT2D eigenvalue weighted by Crippen LogP contribution is -2.43. The van der Waals surface area contributed by atoms with E-state index in [1.165, 1.54) is 31.3 Å². The van der Waals surface area contributed by atoms with Gasteiger partial charge in [0, 0.05) is 10.9 Å². The summed E-state index contributed by atoms with van der Waals surface area (Å²) >= 11 is 4.31. The largest absolute Gasteiger partial charge is 0.402 e. The average molecular weight is 380 g/mol. The molecule has 9 heteroatoms. The molecule has 0 aliphatic heterocycles. The van der Waals surface area contributed by atoms with Gasteiger partial charge in [-0.2, -0.15) is 17.5 Å². The van der Waals surface area contributed by atoms with Gasteiger partial charge in [-0.05, 0) is 42.8 Å². The number of aryl methyl sites for hydroxylation is 1. The molecule has 1 aromatic heterocycles. The fourth-order valence-corrected chi connectivity index (χ4v) is 5.54. The highest BCUT2D eigenvalue weighted by Crippen LogP contribution is 2.33. The van der Waals surface area contributed by atoms with E-state index in [4.69, 9.17) is 0 Å². The Balaban J connectivity index is 3.25. The molecule has 0 N–H and O–H groups in total. The van der Waals surface area contributed by atoms with Gasteiger partial charge in [-0.15, -0.1) is 11.3 Å². The van der Waals surface area contributed by atoms with Crippen LogP contribution in [-0.4, -0.2) is 31.5 Å². The molecule has 0 saturated carbocycles. The van der Waals surface area contributed by atoms with Crippen molar-refractivity contribution in [3.8, 4) is 0 Å². The molecule has 3 nitrogen and oxygen atoms in total. The molecular weight excluding hydrogens is 367 g/mol. The number of nitrogens with zero attached hydrogens (tertiary/aromatic N) is 1. The van der Waals surface area contributed by atoms with Crippen LogP contribution in [0.1, 0.15) is 18.7 Å². The van der Waals surface area contributed by atoms with Gasteiger partial charge in [0.2, 0.25) is 10.0 Å². The van der Waals surface area contributed by atoms with Gasteiger partial charge in [-0.1, -0.05) is 0 Å². The van der Waals surface area contributed by atoms with Crippen molar-refractivity contribution in [1.29, 1.82) is 0 Å². The summed E-state index contributed by atoms with van der Waals surface area (Å²) in [4.78, 5) is 0.377. The highest BCUT2D eigenvalue weighted by molar-refractivity contribution is 9.11. The van der Waals surface area contributed by atoms with Crippen LogP contribution < -0.4 is 0 Å². The molecule has 0 amide bonds. The molecule has 0 aliphatic carbocycles. The second kappa shape index (κ2) is 5.71. The smallest absolute Gasteiger partial charge is 0.207 e. The van der Waals surface area contributed by atoms with Crippen LogP contribution in [0.2, 0.25) is 0 Å². The van der Waals surface area contributed by atoms with Crippen LogP contribution in [-0.2, 0) is 10.0 Å². The molecule has 1 rings (SSSR count). The third-order valence-electron chi connectivity index (χ3n) is 2.34. The minimum Gasteiger partial charge on any atom is -0.207 e. The Morgan fingerprint density at radius 2 is 1.95 bits per heavy atom. The Kier molecular flexibility index (Phi) is 5.09. The van der Waals surface area contributed by atoms with Crippen molar-refractivity contribution in [2.75, 3.05) is 6.54 Å². The maximum Gasteiger partial charge on any atom is 0.402 e. The number of alkyl halides is 3. The maximum atomic E-state index is 12.5. The lowest BCUT2D eigenvalue weighted by atomic mass is 10.4. The first-order valence-electron chi connectivity index (χ1n) is 5.29. The predicted molar refractivity (Wildman–Crippen MR) is 71.8 cm³/mol. The Morgan fingerprint density at radius 3 is 2.26 bits per heavy atom. The van der Waals surface area contributed by atoms with Crippen molar-refractivity contribution in [3.63, 3.8) is 0 Å². The monoisotopic (exact) mass is 379 g/mol. The van der Waals surface area contributed by atoms with Gasteiger partial charge >= 0.3 is 6.18 Å². The zero-order valence-corrected chi connectivity index (χ0v) is 13.7. The van der Waals surface area contributed by atoms with Crippen molar-refractivity contribution < 1.29 is 21.6 Å². The Labute approximate surface area is 122 Å². The van der Waals surface area contributed by atoms with E-state index < -0.39 is 28.8 Å². The summed E-state index contributed by atoms with van der Waals surface area (Å²) in [7, 11) is -4.15. The summed E-state index contributed by atoms with van der Waals surface area (Å²) < 4.78 is 63.1. The van der Waals surface area contributed by atoms with Crippen LogP contribution in [0.15, 0.2) is 14.7 Å². The lowest BCUT2D eigenvalue weighted by Gasteiger charge is -2.26. The predicted octanol–water partition coefficient (Wildman–Crippen LogP) is 3.78. The summed E-state index contributed by atoms with van der Waals surface area (Å²) in [6.07, 6.45) is -4.57. The van der Waals surface area contributed by atoms with E-state index in [0.29, 0.717) is 13.0 Å². The van der Waals surface area contributed by atoms with E-state index in [9.17, 15) is 21.6 Å². The van der Waals surface area contributed by atoms with Gasteiger partial charge in [0.15, 0.2) is 0 Å². The van der Waals surface area contributed by atoms with E-state index in [0.717, 1.165) is 0 Å². The van der Waals surface area contributed by atoms with E-state index in [1.807, 2.05) is 0 Å². The molecule has 0 bridgehead atoms. The quantitative estimate of drug-likeness (QED) is 0.797. The van der Waals surface area contributed by atoms with Crippen LogP contribution in [0.3, 0.4) is 0 Å². The van der Waals surface area contributed by atoms with E-state index in [-0.39, 0.29) is 4.90 Å². The molecule has 0 radical (unpaired) electrons. The zero-order valence-electron chi connectivity index (χ0n) is 10.5. The molecule has 0 fully saturated rings. The first-order valence-corrected chi connectivity index (χ1v) is 8.34. The van der Waals surface area contributed by atoms with Gasteiger partial charge in [0.25, 0.3) is 0 Å². The lowest BCUT2D eigenvalue weighted by molar-refractivity contribution is -0.138. The molecule has 19 heavy (non-hydrogen) atoms.